The summed E-state index contributed by atoms with van der Waals surface area (Å²) in [5.74, 6) is 1.39. The highest BCUT2D eigenvalue weighted by molar-refractivity contribution is 5.89. The molecule has 2 bridgehead atoms. The molecule has 6 nitrogen and oxygen atoms in total. The van der Waals surface area contributed by atoms with E-state index < -0.39 is 6.61 Å². The number of amides is 2. The van der Waals surface area contributed by atoms with Crippen molar-refractivity contribution in [3.8, 4) is 11.5 Å². The van der Waals surface area contributed by atoms with Gasteiger partial charge in [-0.15, -0.1) is 0 Å². The van der Waals surface area contributed by atoms with E-state index in [4.69, 9.17) is 0 Å². The summed E-state index contributed by atoms with van der Waals surface area (Å²) < 4.78 is 29.4. The second-order valence-corrected chi connectivity index (χ2v) is 11.2. The molecule has 3 fully saturated rings. The topological polar surface area (TPSA) is 65.0 Å². The van der Waals surface area contributed by atoms with Crippen LogP contribution in [-0.4, -0.2) is 59.3 Å². The summed E-state index contributed by atoms with van der Waals surface area (Å²) in [6, 6.07) is 14.6. The number of ether oxygens (including phenoxy) is 1. The van der Waals surface area contributed by atoms with Gasteiger partial charge in [-0.2, -0.15) is 8.78 Å². The molecule has 2 unspecified atom stereocenters. The lowest BCUT2D eigenvalue weighted by Gasteiger charge is -2.40. The molecule has 0 spiro atoms. The van der Waals surface area contributed by atoms with Gasteiger partial charge in [-0.1, -0.05) is 31.4 Å². The standard InChI is InChI=1S/C30H39F2N3O3/c31-29(32)38-28-13-9-24(10-14-28)33-30(37)34(20-21-5-2-1-3-6-21)15-16-35-25-11-12-26(35)18-23(17-25)22-7-4-8-27(36)19-22/h4,7-10,13-14,19,21,23,25-26,29,36H,1-3,5-6,11-12,15-18,20H2,(H,33,37). The molecule has 2 aromatic rings. The van der Waals surface area contributed by atoms with Crippen molar-refractivity contribution in [3.63, 3.8) is 0 Å². The number of phenols is 1. The summed E-state index contributed by atoms with van der Waals surface area (Å²) in [6.45, 7) is -0.614. The first-order chi connectivity index (χ1) is 18.4. The van der Waals surface area contributed by atoms with Gasteiger partial charge in [-0.25, -0.2) is 4.79 Å². The summed E-state index contributed by atoms with van der Waals surface area (Å²) in [5.41, 5.74) is 1.79. The number of carbonyl (C=O) groups is 1. The predicted octanol–water partition coefficient (Wildman–Crippen LogP) is 6.82. The minimum atomic E-state index is -2.87. The SMILES string of the molecule is O=C(Nc1ccc(OC(F)F)cc1)N(CCN1C2CCC1CC(c1cccc(O)c1)C2)CC1CCCCC1. The molecule has 2 heterocycles. The molecular formula is C30H39F2N3O3. The molecule has 2 aliphatic heterocycles. The molecular weight excluding hydrogens is 488 g/mol. The molecule has 0 radical (unpaired) electrons. The van der Waals surface area contributed by atoms with Crippen molar-refractivity contribution in [3.05, 3.63) is 54.1 Å². The van der Waals surface area contributed by atoms with Gasteiger partial charge in [0.25, 0.3) is 0 Å². The number of hydrogen-bond acceptors (Lipinski definition) is 4. The van der Waals surface area contributed by atoms with Crippen molar-refractivity contribution < 1.29 is 23.4 Å². The van der Waals surface area contributed by atoms with E-state index in [0.717, 1.165) is 38.8 Å². The number of aromatic hydroxyl groups is 1. The maximum atomic E-state index is 13.4. The molecule has 2 amide bonds. The van der Waals surface area contributed by atoms with E-state index in [9.17, 15) is 18.7 Å². The summed E-state index contributed by atoms with van der Waals surface area (Å²) in [4.78, 5) is 18.0. The quantitative estimate of drug-likeness (QED) is 0.376. The van der Waals surface area contributed by atoms with E-state index in [1.165, 1.54) is 49.8 Å². The van der Waals surface area contributed by atoms with Gasteiger partial charge in [0, 0.05) is 37.4 Å². The minimum absolute atomic E-state index is 0.0710. The van der Waals surface area contributed by atoms with Crippen molar-refractivity contribution in [1.29, 1.82) is 0 Å². The van der Waals surface area contributed by atoms with Crippen LogP contribution in [0.15, 0.2) is 48.5 Å². The Balaban J connectivity index is 1.21. The maximum Gasteiger partial charge on any atom is 0.387 e. The summed E-state index contributed by atoms with van der Waals surface area (Å²) in [5, 5.41) is 12.9. The van der Waals surface area contributed by atoms with E-state index in [0.29, 0.717) is 41.9 Å². The molecule has 1 saturated carbocycles. The summed E-state index contributed by atoms with van der Waals surface area (Å²) >= 11 is 0. The Morgan fingerprint density at radius 1 is 1.03 bits per heavy atom. The van der Waals surface area contributed by atoms with Crippen LogP contribution in [-0.2, 0) is 0 Å². The number of nitrogens with zero attached hydrogens (tertiary/aromatic N) is 2. The first-order valence-corrected chi connectivity index (χ1v) is 14.1. The third kappa shape index (κ3) is 6.76. The van der Waals surface area contributed by atoms with E-state index >= 15 is 0 Å². The van der Waals surface area contributed by atoms with Crippen LogP contribution in [0.25, 0.3) is 0 Å². The lowest BCUT2D eigenvalue weighted by Crippen LogP contribution is -2.48. The molecule has 5 rings (SSSR count). The number of halogens is 2. The fourth-order valence-corrected chi connectivity index (χ4v) is 6.81. The van der Waals surface area contributed by atoms with Crippen molar-refractivity contribution in [1.82, 2.24) is 9.80 Å². The van der Waals surface area contributed by atoms with Crippen LogP contribution >= 0.6 is 0 Å². The first-order valence-electron chi connectivity index (χ1n) is 14.1. The van der Waals surface area contributed by atoms with E-state index in [2.05, 4.69) is 21.0 Å². The Morgan fingerprint density at radius 2 is 1.74 bits per heavy atom. The Hall–Kier alpha value is -2.87. The van der Waals surface area contributed by atoms with Gasteiger partial charge < -0.3 is 20.1 Å². The zero-order valence-corrected chi connectivity index (χ0v) is 21.9. The molecule has 0 aromatic heterocycles. The fourth-order valence-electron chi connectivity index (χ4n) is 6.81. The number of hydrogen-bond donors (Lipinski definition) is 2. The van der Waals surface area contributed by atoms with Gasteiger partial charge in [0.15, 0.2) is 0 Å². The van der Waals surface area contributed by atoms with Gasteiger partial charge in [0.05, 0.1) is 0 Å². The highest BCUT2D eigenvalue weighted by atomic mass is 19.3. The lowest BCUT2D eigenvalue weighted by molar-refractivity contribution is -0.0498. The zero-order valence-electron chi connectivity index (χ0n) is 21.9. The van der Waals surface area contributed by atoms with Crippen molar-refractivity contribution in [2.45, 2.75) is 82.4 Å². The third-order valence-electron chi connectivity index (χ3n) is 8.68. The van der Waals surface area contributed by atoms with Crippen molar-refractivity contribution in [2.75, 3.05) is 25.0 Å². The van der Waals surface area contributed by atoms with Crippen LogP contribution in [0, 0.1) is 5.92 Å². The Labute approximate surface area is 224 Å². The van der Waals surface area contributed by atoms with Gasteiger partial charge in [0.2, 0.25) is 0 Å². The maximum absolute atomic E-state index is 13.4. The van der Waals surface area contributed by atoms with Gasteiger partial charge in [-0.05, 0) is 92.3 Å². The average Bonchev–Trinajstić information content (AvgIpc) is 3.14. The van der Waals surface area contributed by atoms with Gasteiger partial charge >= 0.3 is 12.6 Å². The number of urea groups is 1. The highest BCUT2D eigenvalue weighted by Gasteiger charge is 2.41. The first kappa shape index (κ1) is 26.7. The predicted molar refractivity (Wildman–Crippen MR) is 144 cm³/mol. The van der Waals surface area contributed by atoms with E-state index in [1.54, 1.807) is 18.2 Å². The molecule has 2 saturated heterocycles. The molecule has 206 valence electrons. The van der Waals surface area contributed by atoms with Crippen LogP contribution in [0.2, 0.25) is 0 Å². The Kier molecular flexibility index (Phi) is 8.67. The fraction of sp³-hybridized carbons (Fsp3) is 0.567. The molecule has 2 N–H and O–H groups in total. The summed E-state index contributed by atoms with van der Waals surface area (Å²) in [7, 11) is 0. The Bertz CT molecular complexity index is 1050. The van der Waals surface area contributed by atoms with E-state index in [1.807, 2.05) is 17.0 Å². The van der Waals surface area contributed by atoms with Gasteiger partial charge in [-0.3, -0.25) is 4.90 Å². The number of fused-ring (bicyclic) bond motifs is 2. The van der Waals surface area contributed by atoms with Crippen LogP contribution < -0.4 is 10.1 Å². The second-order valence-electron chi connectivity index (χ2n) is 11.2. The molecule has 8 heteroatoms. The third-order valence-corrected chi connectivity index (χ3v) is 8.68. The van der Waals surface area contributed by atoms with E-state index in [-0.39, 0.29) is 11.8 Å². The van der Waals surface area contributed by atoms with Crippen LogP contribution in [0.4, 0.5) is 19.3 Å². The monoisotopic (exact) mass is 527 g/mol. The molecule has 1 aliphatic carbocycles. The summed E-state index contributed by atoms with van der Waals surface area (Å²) in [6.07, 6.45) is 10.6. The molecule has 3 aliphatic rings. The van der Waals surface area contributed by atoms with Crippen molar-refractivity contribution in [2.24, 2.45) is 5.92 Å². The molecule has 2 aromatic carbocycles. The number of nitrogens with one attached hydrogen (secondary N) is 1. The smallest absolute Gasteiger partial charge is 0.387 e. The average molecular weight is 528 g/mol. The zero-order chi connectivity index (χ0) is 26.5. The number of carbonyl (C=O) groups excluding carboxylic acids is 1. The minimum Gasteiger partial charge on any atom is -0.508 e. The number of anilines is 1. The number of rotatable bonds is 9. The van der Waals surface area contributed by atoms with Crippen LogP contribution in [0.3, 0.4) is 0 Å². The molecule has 2 atom stereocenters. The number of alkyl halides is 2. The van der Waals surface area contributed by atoms with Gasteiger partial charge in [0.1, 0.15) is 11.5 Å². The second kappa shape index (κ2) is 12.3. The normalized spacial score (nSPS) is 23.9. The van der Waals surface area contributed by atoms with Crippen LogP contribution in [0.1, 0.15) is 69.3 Å². The largest absolute Gasteiger partial charge is 0.508 e. The number of benzene rings is 2. The van der Waals surface area contributed by atoms with Crippen LogP contribution in [0.5, 0.6) is 11.5 Å². The Morgan fingerprint density at radius 3 is 2.39 bits per heavy atom. The molecule has 38 heavy (non-hydrogen) atoms. The number of piperidine rings is 1. The van der Waals surface area contributed by atoms with Crippen molar-refractivity contribution >= 4 is 11.7 Å². The number of phenolic OH excluding ortho intramolecular Hbond substituents is 1. The lowest BCUT2D eigenvalue weighted by atomic mass is 9.85. The highest BCUT2D eigenvalue weighted by Crippen LogP contribution is 2.43.